The van der Waals surface area contributed by atoms with Crippen LogP contribution in [0.2, 0.25) is 0 Å². The number of hydrogen-bond acceptors (Lipinski definition) is 6. The normalized spacial score (nSPS) is 10.7. The zero-order chi connectivity index (χ0) is 18.6. The molecule has 0 radical (unpaired) electrons. The van der Waals surface area contributed by atoms with Crippen LogP contribution in [0.4, 0.5) is 0 Å². The molecule has 0 spiro atoms. The molecule has 0 atom stereocenters. The molecule has 3 heterocycles. The summed E-state index contributed by atoms with van der Waals surface area (Å²) in [6.07, 6.45) is 1.65. The van der Waals surface area contributed by atoms with E-state index in [0.717, 1.165) is 22.7 Å². The van der Waals surface area contributed by atoms with Crippen molar-refractivity contribution in [1.29, 1.82) is 5.26 Å². The van der Waals surface area contributed by atoms with Gasteiger partial charge in [-0.2, -0.15) is 5.26 Å². The van der Waals surface area contributed by atoms with Gasteiger partial charge in [0.05, 0.1) is 12.8 Å². The van der Waals surface area contributed by atoms with Gasteiger partial charge in [0.1, 0.15) is 22.5 Å². The molecular formula is C20H15N5OS. The molecule has 0 saturated heterocycles. The summed E-state index contributed by atoms with van der Waals surface area (Å²) < 4.78 is 7.53. The maximum Gasteiger partial charge on any atom is 0.198 e. The van der Waals surface area contributed by atoms with E-state index >= 15 is 0 Å². The van der Waals surface area contributed by atoms with E-state index < -0.39 is 0 Å². The highest BCUT2D eigenvalue weighted by atomic mass is 32.2. The molecule has 3 aromatic heterocycles. The second-order valence-electron chi connectivity index (χ2n) is 5.86. The van der Waals surface area contributed by atoms with Gasteiger partial charge in [0.15, 0.2) is 11.0 Å². The second kappa shape index (κ2) is 7.48. The Labute approximate surface area is 160 Å². The van der Waals surface area contributed by atoms with Crippen LogP contribution in [-0.4, -0.2) is 19.7 Å². The summed E-state index contributed by atoms with van der Waals surface area (Å²) >= 11 is 1.37. The molecule has 4 aromatic rings. The van der Waals surface area contributed by atoms with Crippen LogP contribution < -0.4 is 0 Å². The van der Waals surface area contributed by atoms with Gasteiger partial charge >= 0.3 is 0 Å². The van der Waals surface area contributed by atoms with E-state index in [0.29, 0.717) is 22.4 Å². The van der Waals surface area contributed by atoms with Gasteiger partial charge in [0.25, 0.3) is 0 Å². The van der Waals surface area contributed by atoms with Gasteiger partial charge in [-0.1, -0.05) is 30.3 Å². The van der Waals surface area contributed by atoms with E-state index in [-0.39, 0.29) is 0 Å². The lowest BCUT2D eigenvalue weighted by Crippen LogP contribution is -2.04. The van der Waals surface area contributed by atoms with Crippen molar-refractivity contribution in [2.75, 3.05) is 0 Å². The fourth-order valence-corrected chi connectivity index (χ4v) is 3.54. The number of pyridine rings is 1. The van der Waals surface area contributed by atoms with Gasteiger partial charge < -0.3 is 4.42 Å². The molecule has 0 aliphatic rings. The number of furan rings is 1. The molecule has 0 saturated carbocycles. The van der Waals surface area contributed by atoms with Crippen molar-refractivity contribution in [3.63, 3.8) is 0 Å². The van der Waals surface area contributed by atoms with E-state index in [9.17, 15) is 0 Å². The molecule has 0 aliphatic heterocycles. The molecule has 0 bridgehead atoms. The molecule has 0 aliphatic carbocycles. The summed E-state index contributed by atoms with van der Waals surface area (Å²) in [5, 5.41) is 19.3. The van der Waals surface area contributed by atoms with Crippen molar-refractivity contribution in [2.45, 2.75) is 23.7 Å². The number of benzene rings is 1. The van der Waals surface area contributed by atoms with E-state index in [1.807, 2.05) is 60.0 Å². The number of rotatable bonds is 5. The molecule has 132 valence electrons. The molecule has 27 heavy (non-hydrogen) atoms. The fraction of sp³-hybridized carbons (Fsp3) is 0.100. The highest BCUT2D eigenvalue weighted by molar-refractivity contribution is 7.99. The van der Waals surface area contributed by atoms with Crippen LogP contribution in [0.5, 0.6) is 0 Å². The summed E-state index contributed by atoms with van der Waals surface area (Å²) in [7, 11) is 0. The predicted octanol–water partition coefficient (Wildman–Crippen LogP) is 4.31. The van der Waals surface area contributed by atoms with Gasteiger partial charge in [-0.25, -0.2) is 4.98 Å². The fourth-order valence-electron chi connectivity index (χ4n) is 2.72. The Kier molecular flexibility index (Phi) is 4.73. The Hall–Kier alpha value is -3.37. The molecule has 0 N–H and O–H groups in total. The molecule has 6 nitrogen and oxygen atoms in total. The lowest BCUT2D eigenvalue weighted by atomic mass is 10.1. The van der Waals surface area contributed by atoms with Crippen LogP contribution in [0.25, 0.3) is 11.4 Å². The van der Waals surface area contributed by atoms with Crippen molar-refractivity contribution < 1.29 is 4.42 Å². The minimum Gasteiger partial charge on any atom is -0.467 e. The third-order valence-corrected chi connectivity index (χ3v) is 4.95. The summed E-state index contributed by atoms with van der Waals surface area (Å²) in [6.45, 7) is 2.55. The smallest absolute Gasteiger partial charge is 0.198 e. The monoisotopic (exact) mass is 373 g/mol. The average Bonchev–Trinajstić information content (AvgIpc) is 3.34. The van der Waals surface area contributed by atoms with E-state index in [4.69, 9.17) is 9.68 Å². The predicted molar refractivity (Wildman–Crippen MR) is 101 cm³/mol. The third-order valence-electron chi connectivity index (χ3n) is 4.03. The summed E-state index contributed by atoms with van der Waals surface area (Å²) in [5.41, 5.74) is 2.50. The zero-order valence-corrected chi connectivity index (χ0v) is 15.3. The Morgan fingerprint density at radius 3 is 2.74 bits per heavy atom. The average molecular weight is 373 g/mol. The highest BCUT2D eigenvalue weighted by Gasteiger charge is 2.18. The first-order chi connectivity index (χ1) is 13.2. The first kappa shape index (κ1) is 17.1. The van der Waals surface area contributed by atoms with Crippen molar-refractivity contribution in [1.82, 2.24) is 19.7 Å². The summed E-state index contributed by atoms with van der Waals surface area (Å²) in [5.74, 6) is 1.58. The van der Waals surface area contributed by atoms with Crippen molar-refractivity contribution in [2.24, 2.45) is 0 Å². The summed E-state index contributed by atoms with van der Waals surface area (Å²) in [4.78, 5) is 4.32. The van der Waals surface area contributed by atoms with Gasteiger partial charge in [-0.3, -0.25) is 4.57 Å². The van der Waals surface area contributed by atoms with Crippen molar-refractivity contribution in [3.05, 3.63) is 77.9 Å². The standard InChI is InChI=1S/C20H15N5OS/c1-14-6-2-3-9-17(14)19-23-24-20(25(19)13-16-8-5-11-26-16)27-18-10-4-7-15(12-21)22-18/h2-11H,13H2,1H3. The lowest BCUT2D eigenvalue weighted by Gasteiger charge is -2.10. The van der Waals surface area contributed by atoms with Crippen LogP contribution in [0.15, 0.2) is 75.5 Å². The lowest BCUT2D eigenvalue weighted by molar-refractivity contribution is 0.485. The molecule has 1 aromatic carbocycles. The number of nitriles is 1. The van der Waals surface area contributed by atoms with Gasteiger partial charge in [-0.15, -0.1) is 10.2 Å². The molecule has 0 amide bonds. The number of hydrogen-bond donors (Lipinski definition) is 0. The first-order valence-electron chi connectivity index (χ1n) is 8.31. The first-order valence-corrected chi connectivity index (χ1v) is 9.13. The minimum atomic E-state index is 0.372. The molecular weight excluding hydrogens is 358 g/mol. The van der Waals surface area contributed by atoms with Crippen molar-refractivity contribution in [3.8, 4) is 17.5 Å². The van der Waals surface area contributed by atoms with E-state index in [1.54, 1.807) is 12.3 Å². The van der Waals surface area contributed by atoms with Crippen LogP contribution in [0.3, 0.4) is 0 Å². The van der Waals surface area contributed by atoms with Gasteiger partial charge in [0.2, 0.25) is 0 Å². The quantitative estimate of drug-likeness (QED) is 0.518. The van der Waals surface area contributed by atoms with Gasteiger partial charge in [0, 0.05) is 5.56 Å². The van der Waals surface area contributed by atoms with Crippen LogP contribution in [0, 0.1) is 18.3 Å². The van der Waals surface area contributed by atoms with Crippen LogP contribution >= 0.6 is 11.8 Å². The highest BCUT2D eigenvalue weighted by Crippen LogP contribution is 2.30. The largest absolute Gasteiger partial charge is 0.467 e. The molecule has 0 fully saturated rings. The van der Waals surface area contributed by atoms with Crippen LogP contribution in [0.1, 0.15) is 17.0 Å². The SMILES string of the molecule is Cc1ccccc1-c1nnc(Sc2cccc(C#N)n2)n1Cc1ccco1. The maximum absolute atomic E-state index is 9.07. The number of aryl methyl sites for hydroxylation is 1. The van der Waals surface area contributed by atoms with E-state index in [2.05, 4.69) is 21.3 Å². The Bertz CT molecular complexity index is 1110. The maximum atomic E-state index is 9.07. The van der Waals surface area contributed by atoms with Crippen molar-refractivity contribution >= 4 is 11.8 Å². The molecule has 0 unspecified atom stereocenters. The molecule has 7 heteroatoms. The topological polar surface area (TPSA) is 80.5 Å². The Morgan fingerprint density at radius 2 is 1.96 bits per heavy atom. The van der Waals surface area contributed by atoms with Gasteiger partial charge in [-0.05, 0) is 48.5 Å². The van der Waals surface area contributed by atoms with Crippen LogP contribution in [-0.2, 0) is 6.54 Å². The Morgan fingerprint density at radius 1 is 1.07 bits per heavy atom. The minimum absolute atomic E-state index is 0.372. The second-order valence-corrected chi connectivity index (χ2v) is 6.85. The summed E-state index contributed by atoms with van der Waals surface area (Å²) in [6, 6.07) is 19.2. The Balaban J connectivity index is 1.77. The van der Waals surface area contributed by atoms with E-state index in [1.165, 1.54) is 11.8 Å². The number of nitrogens with zero attached hydrogens (tertiary/aromatic N) is 5. The molecule has 4 rings (SSSR count). The number of aromatic nitrogens is 4. The zero-order valence-electron chi connectivity index (χ0n) is 14.5. The third kappa shape index (κ3) is 3.61.